The topological polar surface area (TPSA) is 46.6 Å². The van der Waals surface area contributed by atoms with E-state index in [9.17, 15) is 9.59 Å². The zero-order valence-electron chi connectivity index (χ0n) is 12.1. The molecule has 0 saturated heterocycles. The first kappa shape index (κ1) is 14.6. The quantitative estimate of drug-likeness (QED) is 0.793. The number of esters is 1. The normalized spacial score (nSPS) is 18.7. The Bertz CT molecular complexity index is 481. The standard InChI is InChI=1S/C16H21NO3/c1-17(11-13-5-3-4-6-15(13)18)14-9-7-12(8-10-14)16(19)20-2/h7-10,13H,3-6,11H2,1-2H3. The first-order valence-electron chi connectivity index (χ1n) is 7.04. The lowest BCUT2D eigenvalue weighted by Gasteiger charge is -2.27. The van der Waals surface area contributed by atoms with Crippen LogP contribution in [-0.2, 0) is 9.53 Å². The van der Waals surface area contributed by atoms with E-state index in [1.165, 1.54) is 7.11 Å². The van der Waals surface area contributed by atoms with Gasteiger partial charge in [-0.15, -0.1) is 0 Å². The number of methoxy groups -OCH3 is 1. The molecule has 1 aromatic rings. The zero-order valence-corrected chi connectivity index (χ0v) is 12.1. The van der Waals surface area contributed by atoms with E-state index >= 15 is 0 Å². The first-order chi connectivity index (χ1) is 9.61. The predicted molar refractivity (Wildman–Crippen MR) is 78.0 cm³/mol. The van der Waals surface area contributed by atoms with E-state index in [2.05, 4.69) is 9.64 Å². The van der Waals surface area contributed by atoms with Crippen LogP contribution in [0.3, 0.4) is 0 Å². The number of ether oxygens (including phenoxy) is 1. The van der Waals surface area contributed by atoms with Crippen LogP contribution >= 0.6 is 0 Å². The smallest absolute Gasteiger partial charge is 0.337 e. The van der Waals surface area contributed by atoms with Crippen LogP contribution in [0.4, 0.5) is 5.69 Å². The minimum absolute atomic E-state index is 0.147. The van der Waals surface area contributed by atoms with E-state index in [-0.39, 0.29) is 11.9 Å². The van der Waals surface area contributed by atoms with Crippen molar-refractivity contribution in [3.8, 4) is 0 Å². The summed E-state index contributed by atoms with van der Waals surface area (Å²) in [6.07, 6.45) is 3.89. The van der Waals surface area contributed by atoms with E-state index in [0.717, 1.165) is 37.9 Å². The molecule has 108 valence electrons. The highest BCUT2D eigenvalue weighted by atomic mass is 16.5. The van der Waals surface area contributed by atoms with Gasteiger partial charge in [-0.2, -0.15) is 0 Å². The largest absolute Gasteiger partial charge is 0.465 e. The van der Waals surface area contributed by atoms with Gasteiger partial charge in [-0.1, -0.05) is 6.42 Å². The van der Waals surface area contributed by atoms with Crippen molar-refractivity contribution in [3.63, 3.8) is 0 Å². The third-order valence-corrected chi connectivity index (χ3v) is 3.90. The summed E-state index contributed by atoms with van der Waals surface area (Å²) < 4.78 is 4.67. The average Bonchev–Trinajstić information content (AvgIpc) is 2.49. The fourth-order valence-electron chi connectivity index (χ4n) is 2.65. The number of carbonyl (C=O) groups excluding carboxylic acids is 2. The lowest BCUT2D eigenvalue weighted by atomic mass is 9.87. The molecule has 2 rings (SSSR count). The Hall–Kier alpha value is -1.84. The molecule has 1 aliphatic carbocycles. The van der Waals surface area contributed by atoms with Crippen LogP contribution in [-0.4, -0.2) is 32.5 Å². The number of ketones is 1. The lowest BCUT2D eigenvalue weighted by molar-refractivity contribution is -0.124. The van der Waals surface area contributed by atoms with E-state index in [1.807, 2.05) is 19.2 Å². The average molecular weight is 275 g/mol. The molecule has 0 aromatic heterocycles. The third-order valence-electron chi connectivity index (χ3n) is 3.90. The van der Waals surface area contributed by atoms with E-state index in [4.69, 9.17) is 0 Å². The molecular formula is C16H21NO3. The molecule has 20 heavy (non-hydrogen) atoms. The Balaban J connectivity index is 2.00. The molecule has 1 saturated carbocycles. The van der Waals surface area contributed by atoms with Crippen LogP contribution in [0.25, 0.3) is 0 Å². The van der Waals surface area contributed by atoms with E-state index in [0.29, 0.717) is 11.3 Å². The first-order valence-corrected chi connectivity index (χ1v) is 7.04. The van der Waals surface area contributed by atoms with Crippen molar-refractivity contribution in [1.29, 1.82) is 0 Å². The molecule has 1 unspecified atom stereocenters. The van der Waals surface area contributed by atoms with E-state index < -0.39 is 0 Å². The van der Waals surface area contributed by atoms with Crippen molar-refractivity contribution < 1.29 is 14.3 Å². The van der Waals surface area contributed by atoms with Crippen LogP contribution in [0.2, 0.25) is 0 Å². The van der Waals surface area contributed by atoms with E-state index in [1.54, 1.807) is 12.1 Å². The van der Waals surface area contributed by atoms with Crippen molar-refractivity contribution in [2.45, 2.75) is 25.7 Å². The maximum Gasteiger partial charge on any atom is 0.337 e. The molecule has 0 bridgehead atoms. The Morgan fingerprint density at radius 1 is 1.30 bits per heavy atom. The van der Waals surface area contributed by atoms with Crippen molar-refractivity contribution in [2.24, 2.45) is 5.92 Å². The molecular weight excluding hydrogens is 254 g/mol. The summed E-state index contributed by atoms with van der Waals surface area (Å²) >= 11 is 0. The second-order valence-electron chi connectivity index (χ2n) is 5.33. The lowest BCUT2D eigenvalue weighted by Crippen LogP contribution is -2.32. The molecule has 4 heteroatoms. The number of benzene rings is 1. The fourth-order valence-corrected chi connectivity index (χ4v) is 2.65. The zero-order chi connectivity index (χ0) is 14.5. The van der Waals surface area contributed by atoms with Crippen LogP contribution in [0.1, 0.15) is 36.0 Å². The predicted octanol–water partition coefficient (Wildman–Crippen LogP) is 2.67. The number of nitrogens with zero attached hydrogens (tertiary/aromatic N) is 1. The molecule has 1 aromatic carbocycles. The number of Topliss-reactive ketones (excluding diaryl/α,β-unsaturated/α-hetero) is 1. The summed E-state index contributed by atoms with van der Waals surface area (Å²) in [6.45, 7) is 0.746. The van der Waals surface area contributed by atoms with Crippen LogP contribution in [0.15, 0.2) is 24.3 Å². The van der Waals surface area contributed by atoms with Gasteiger partial charge in [-0.25, -0.2) is 4.79 Å². The number of hydrogen-bond donors (Lipinski definition) is 0. The Kier molecular flexibility index (Phi) is 4.77. The molecule has 0 spiro atoms. The Morgan fingerprint density at radius 2 is 2.00 bits per heavy atom. The maximum atomic E-state index is 11.9. The van der Waals surface area contributed by atoms with Gasteiger partial charge in [0, 0.05) is 31.6 Å². The van der Waals surface area contributed by atoms with Gasteiger partial charge in [0.1, 0.15) is 5.78 Å². The molecule has 1 fully saturated rings. The molecule has 0 N–H and O–H groups in total. The number of carbonyl (C=O) groups is 2. The van der Waals surface area contributed by atoms with Gasteiger partial charge >= 0.3 is 5.97 Å². The summed E-state index contributed by atoms with van der Waals surface area (Å²) in [5.41, 5.74) is 1.55. The van der Waals surface area contributed by atoms with Crippen LogP contribution in [0.5, 0.6) is 0 Å². The monoisotopic (exact) mass is 275 g/mol. The Morgan fingerprint density at radius 3 is 2.60 bits per heavy atom. The maximum absolute atomic E-state index is 11.9. The molecule has 0 heterocycles. The van der Waals surface area contributed by atoms with Gasteiger partial charge in [-0.3, -0.25) is 4.79 Å². The van der Waals surface area contributed by atoms with Crippen molar-refractivity contribution in [2.75, 3.05) is 25.6 Å². The second kappa shape index (κ2) is 6.55. The van der Waals surface area contributed by atoms with Gasteiger partial charge in [0.2, 0.25) is 0 Å². The minimum atomic E-state index is -0.332. The molecule has 0 radical (unpaired) electrons. The summed E-state index contributed by atoms with van der Waals surface area (Å²) in [4.78, 5) is 25.3. The fraction of sp³-hybridized carbons (Fsp3) is 0.500. The van der Waals surface area contributed by atoms with Crippen LogP contribution in [0, 0.1) is 5.92 Å². The van der Waals surface area contributed by atoms with Crippen LogP contribution < -0.4 is 4.90 Å². The summed E-state index contributed by atoms with van der Waals surface area (Å²) in [7, 11) is 3.35. The van der Waals surface area contributed by atoms with Crippen molar-refractivity contribution >= 4 is 17.4 Å². The van der Waals surface area contributed by atoms with Gasteiger partial charge in [0.25, 0.3) is 0 Å². The summed E-state index contributed by atoms with van der Waals surface area (Å²) in [5.74, 6) is 0.199. The van der Waals surface area contributed by atoms with Gasteiger partial charge in [0.15, 0.2) is 0 Å². The highest BCUT2D eigenvalue weighted by Gasteiger charge is 2.23. The number of hydrogen-bond acceptors (Lipinski definition) is 4. The van der Waals surface area contributed by atoms with Crippen molar-refractivity contribution in [1.82, 2.24) is 0 Å². The molecule has 4 nitrogen and oxygen atoms in total. The molecule has 1 aliphatic rings. The van der Waals surface area contributed by atoms with Crippen molar-refractivity contribution in [3.05, 3.63) is 29.8 Å². The highest BCUT2D eigenvalue weighted by molar-refractivity contribution is 5.89. The Labute approximate surface area is 119 Å². The molecule has 1 atom stereocenters. The summed E-state index contributed by atoms with van der Waals surface area (Å²) in [5, 5.41) is 0. The number of anilines is 1. The van der Waals surface area contributed by atoms with Gasteiger partial charge < -0.3 is 9.64 Å². The third kappa shape index (κ3) is 3.38. The molecule has 0 aliphatic heterocycles. The minimum Gasteiger partial charge on any atom is -0.465 e. The molecule has 0 amide bonds. The van der Waals surface area contributed by atoms with Gasteiger partial charge in [-0.05, 0) is 37.1 Å². The summed E-state index contributed by atoms with van der Waals surface area (Å²) in [6, 6.07) is 7.28. The van der Waals surface area contributed by atoms with Gasteiger partial charge in [0.05, 0.1) is 12.7 Å². The SMILES string of the molecule is COC(=O)c1ccc(N(C)CC2CCCCC2=O)cc1. The highest BCUT2D eigenvalue weighted by Crippen LogP contribution is 2.23. The number of rotatable bonds is 4. The second-order valence-corrected chi connectivity index (χ2v) is 5.33.